The number of rotatable bonds is 8. The number of ether oxygens (including phenoxy) is 1. The average molecular weight is 407 g/mol. The molecule has 0 unspecified atom stereocenters. The Hall–Kier alpha value is -3.35. The fourth-order valence-corrected chi connectivity index (χ4v) is 2.92. The molecule has 0 saturated heterocycles. The molecule has 0 aliphatic carbocycles. The van der Waals surface area contributed by atoms with E-state index >= 15 is 0 Å². The van der Waals surface area contributed by atoms with E-state index in [1.165, 1.54) is 5.56 Å². The van der Waals surface area contributed by atoms with Crippen LogP contribution in [0.25, 0.3) is 5.82 Å². The zero-order chi connectivity index (χ0) is 21.3. The number of pyridine rings is 1. The fourth-order valence-electron chi connectivity index (χ4n) is 2.92. The van der Waals surface area contributed by atoms with Gasteiger partial charge in [0.05, 0.1) is 12.6 Å². The van der Waals surface area contributed by atoms with E-state index in [9.17, 15) is 0 Å². The predicted molar refractivity (Wildman–Crippen MR) is 120 cm³/mol. The average Bonchev–Trinajstić information content (AvgIpc) is 3.26. The number of hydrogen-bond acceptors (Lipinski definition) is 4. The van der Waals surface area contributed by atoms with Gasteiger partial charge in [0.15, 0.2) is 5.96 Å². The Balaban J connectivity index is 1.65. The van der Waals surface area contributed by atoms with E-state index in [1.807, 2.05) is 42.9 Å². The lowest BCUT2D eigenvalue weighted by Gasteiger charge is -2.17. The first-order valence-electron chi connectivity index (χ1n) is 10.3. The summed E-state index contributed by atoms with van der Waals surface area (Å²) in [5.41, 5.74) is 3.32. The Labute approximate surface area is 178 Å². The standard InChI is InChI=1S/C23H30N6O/c1-5-25-23(28-15-20-8-6-18(4)12-21(20)30-17(2)3)27-14-19-7-9-22(26-13-19)29-11-10-24-16-29/h6-13,16-17H,5,14-15H2,1-4H3,(H2,25,27,28). The van der Waals surface area contributed by atoms with Crippen LogP contribution in [0.5, 0.6) is 5.75 Å². The highest BCUT2D eigenvalue weighted by Gasteiger charge is 2.08. The second-order valence-corrected chi connectivity index (χ2v) is 7.32. The third-order valence-corrected chi connectivity index (χ3v) is 4.37. The molecule has 7 heteroatoms. The molecule has 0 amide bonds. The smallest absolute Gasteiger partial charge is 0.191 e. The highest BCUT2D eigenvalue weighted by molar-refractivity contribution is 5.79. The monoisotopic (exact) mass is 406 g/mol. The summed E-state index contributed by atoms with van der Waals surface area (Å²) < 4.78 is 7.85. The first-order valence-corrected chi connectivity index (χ1v) is 10.3. The lowest BCUT2D eigenvalue weighted by Crippen LogP contribution is -2.36. The number of hydrogen-bond donors (Lipinski definition) is 2. The third kappa shape index (κ3) is 6.07. The molecule has 2 aromatic heterocycles. The molecule has 0 aliphatic rings. The van der Waals surface area contributed by atoms with Crippen LogP contribution in [-0.4, -0.2) is 33.1 Å². The summed E-state index contributed by atoms with van der Waals surface area (Å²) in [6.45, 7) is 10.2. The summed E-state index contributed by atoms with van der Waals surface area (Å²) in [6.07, 6.45) is 7.31. The minimum Gasteiger partial charge on any atom is -0.491 e. The van der Waals surface area contributed by atoms with Crippen molar-refractivity contribution in [3.8, 4) is 11.6 Å². The van der Waals surface area contributed by atoms with Crippen LogP contribution in [0.15, 0.2) is 60.2 Å². The molecule has 0 spiro atoms. The minimum absolute atomic E-state index is 0.130. The molecular weight excluding hydrogens is 376 g/mol. The summed E-state index contributed by atoms with van der Waals surface area (Å²) in [7, 11) is 0. The van der Waals surface area contributed by atoms with Crippen LogP contribution in [-0.2, 0) is 13.1 Å². The summed E-state index contributed by atoms with van der Waals surface area (Å²) in [5, 5.41) is 6.69. The van der Waals surface area contributed by atoms with Crippen LogP contribution in [0.2, 0.25) is 0 Å². The number of nitrogens with zero attached hydrogens (tertiary/aromatic N) is 4. The number of guanidine groups is 1. The highest BCUT2D eigenvalue weighted by Crippen LogP contribution is 2.21. The summed E-state index contributed by atoms with van der Waals surface area (Å²) in [4.78, 5) is 13.2. The SMILES string of the molecule is CCNC(=NCc1ccc(-n2ccnc2)nc1)NCc1ccc(C)cc1OC(C)C. The molecule has 0 fully saturated rings. The van der Waals surface area contributed by atoms with Crippen LogP contribution < -0.4 is 15.4 Å². The second-order valence-electron chi connectivity index (χ2n) is 7.32. The molecule has 3 aromatic rings. The van der Waals surface area contributed by atoms with Gasteiger partial charge in [0.2, 0.25) is 0 Å². The van der Waals surface area contributed by atoms with E-state index in [0.29, 0.717) is 13.1 Å². The van der Waals surface area contributed by atoms with Crippen molar-refractivity contribution in [1.29, 1.82) is 0 Å². The van der Waals surface area contributed by atoms with Crippen LogP contribution in [0.1, 0.15) is 37.5 Å². The number of imidazole rings is 1. The van der Waals surface area contributed by atoms with Gasteiger partial charge in [-0.3, -0.25) is 4.57 Å². The highest BCUT2D eigenvalue weighted by atomic mass is 16.5. The van der Waals surface area contributed by atoms with E-state index in [4.69, 9.17) is 9.73 Å². The summed E-state index contributed by atoms with van der Waals surface area (Å²) in [6, 6.07) is 10.3. The molecule has 0 saturated carbocycles. The first kappa shape index (κ1) is 21.4. The van der Waals surface area contributed by atoms with Gasteiger partial charge < -0.3 is 15.4 Å². The number of nitrogens with one attached hydrogen (secondary N) is 2. The number of benzene rings is 1. The second kappa shape index (κ2) is 10.4. The van der Waals surface area contributed by atoms with Crippen molar-refractivity contribution in [2.75, 3.05) is 6.54 Å². The summed E-state index contributed by atoms with van der Waals surface area (Å²) >= 11 is 0. The van der Waals surface area contributed by atoms with Crippen molar-refractivity contribution in [2.45, 2.75) is 46.9 Å². The van der Waals surface area contributed by atoms with E-state index in [2.05, 4.69) is 52.6 Å². The van der Waals surface area contributed by atoms with Gasteiger partial charge in [-0.1, -0.05) is 18.2 Å². The van der Waals surface area contributed by atoms with Crippen LogP contribution in [0.4, 0.5) is 0 Å². The van der Waals surface area contributed by atoms with Crippen LogP contribution >= 0.6 is 0 Å². The molecule has 30 heavy (non-hydrogen) atoms. The maximum absolute atomic E-state index is 5.97. The molecule has 0 atom stereocenters. The van der Waals surface area contributed by atoms with E-state index in [1.54, 1.807) is 12.5 Å². The van der Waals surface area contributed by atoms with Crippen LogP contribution in [0, 0.1) is 6.92 Å². The van der Waals surface area contributed by atoms with E-state index in [0.717, 1.165) is 35.2 Å². The van der Waals surface area contributed by atoms with Gasteiger partial charge in [0, 0.05) is 37.2 Å². The molecule has 2 heterocycles. The minimum atomic E-state index is 0.130. The van der Waals surface area contributed by atoms with Crippen molar-refractivity contribution in [3.05, 3.63) is 71.9 Å². The molecule has 2 N–H and O–H groups in total. The molecule has 3 rings (SSSR count). The van der Waals surface area contributed by atoms with Crippen LogP contribution in [0.3, 0.4) is 0 Å². The number of aromatic nitrogens is 3. The topological polar surface area (TPSA) is 76.4 Å². The van der Waals surface area contributed by atoms with Crippen molar-refractivity contribution >= 4 is 5.96 Å². The van der Waals surface area contributed by atoms with Crippen molar-refractivity contribution in [3.63, 3.8) is 0 Å². The van der Waals surface area contributed by atoms with Crippen molar-refractivity contribution in [2.24, 2.45) is 4.99 Å². The van der Waals surface area contributed by atoms with Gasteiger partial charge in [0.1, 0.15) is 17.9 Å². The molecule has 0 radical (unpaired) electrons. The van der Waals surface area contributed by atoms with Gasteiger partial charge in [-0.2, -0.15) is 0 Å². The summed E-state index contributed by atoms with van der Waals surface area (Å²) in [5.74, 6) is 2.50. The lowest BCUT2D eigenvalue weighted by atomic mass is 10.1. The van der Waals surface area contributed by atoms with Crippen molar-refractivity contribution in [1.82, 2.24) is 25.2 Å². The number of aliphatic imine (C=N–C) groups is 1. The fraction of sp³-hybridized carbons (Fsp3) is 0.348. The van der Waals surface area contributed by atoms with E-state index in [-0.39, 0.29) is 6.10 Å². The zero-order valence-electron chi connectivity index (χ0n) is 18.1. The van der Waals surface area contributed by atoms with Gasteiger partial charge in [-0.15, -0.1) is 0 Å². The van der Waals surface area contributed by atoms with Gasteiger partial charge in [0.25, 0.3) is 0 Å². The quantitative estimate of drug-likeness (QED) is 0.441. The zero-order valence-corrected chi connectivity index (χ0v) is 18.1. The first-order chi connectivity index (χ1) is 14.5. The maximum Gasteiger partial charge on any atom is 0.191 e. The Morgan fingerprint density at radius 2 is 2.07 bits per heavy atom. The normalized spacial score (nSPS) is 11.6. The molecule has 0 bridgehead atoms. The largest absolute Gasteiger partial charge is 0.491 e. The molecule has 158 valence electrons. The van der Waals surface area contributed by atoms with Crippen molar-refractivity contribution < 1.29 is 4.74 Å². The van der Waals surface area contributed by atoms with Gasteiger partial charge in [-0.05, 0) is 51.0 Å². The molecule has 1 aromatic carbocycles. The van der Waals surface area contributed by atoms with Gasteiger partial charge >= 0.3 is 0 Å². The Bertz CT molecular complexity index is 948. The predicted octanol–water partition coefficient (Wildman–Crippen LogP) is 3.62. The Morgan fingerprint density at radius 3 is 2.73 bits per heavy atom. The third-order valence-electron chi connectivity index (χ3n) is 4.37. The Morgan fingerprint density at radius 1 is 1.20 bits per heavy atom. The van der Waals surface area contributed by atoms with E-state index < -0.39 is 0 Å². The molecular formula is C23H30N6O. The number of aryl methyl sites for hydroxylation is 1. The van der Waals surface area contributed by atoms with Gasteiger partial charge in [-0.25, -0.2) is 15.0 Å². The molecule has 0 aliphatic heterocycles. The lowest BCUT2D eigenvalue weighted by molar-refractivity contribution is 0.239. The molecule has 7 nitrogen and oxygen atoms in total. The maximum atomic E-state index is 5.97. The Kier molecular flexibility index (Phi) is 7.43.